The molecule has 2 aromatic carbocycles. The Bertz CT molecular complexity index is 1070. The normalized spacial score (nSPS) is 17.0. The highest BCUT2D eigenvalue weighted by atomic mass is 16.5. The van der Waals surface area contributed by atoms with Gasteiger partial charge in [0, 0.05) is 18.0 Å². The Labute approximate surface area is 180 Å². The van der Waals surface area contributed by atoms with Gasteiger partial charge in [0.05, 0.1) is 6.61 Å². The third-order valence-corrected chi connectivity index (χ3v) is 4.92. The Hall–Kier alpha value is -3.94. The van der Waals surface area contributed by atoms with E-state index in [1.807, 2.05) is 44.2 Å². The number of amidine groups is 1. The number of hydrogen-bond donors (Lipinski definition) is 2. The van der Waals surface area contributed by atoms with Crippen molar-refractivity contribution in [2.24, 2.45) is 10.7 Å². The van der Waals surface area contributed by atoms with Crippen molar-refractivity contribution in [3.8, 4) is 16.9 Å². The number of carboxylic acid groups (broad SMARTS) is 1. The molecule has 0 saturated carbocycles. The minimum atomic E-state index is -0.703. The van der Waals surface area contributed by atoms with Gasteiger partial charge in [-0.1, -0.05) is 24.3 Å². The summed E-state index contributed by atoms with van der Waals surface area (Å²) in [6, 6.07) is 14.5. The second-order valence-electron chi connectivity index (χ2n) is 6.83. The van der Waals surface area contributed by atoms with E-state index >= 15 is 0 Å². The molecule has 1 aliphatic heterocycles. The fourth-order valence-corrected chi connectivity index (χ4v) is 3.52. The third kappa shape index (κ3) is 4.63. The van der Waals surface area contributed by atoms with Gasteiger partial charge in [-0.15, -0.1) is 0 Å². The van der Waals surface area contributed by atoms with Crippen LogP contribution in [-0.2, 0) is 15.1 Å². The minimum absolute atomic E-state index is 0.194. The number of nitrogens with zero attached hydrogens (tertiary/aromatic N) is 3. The molecule has 0 bridgehead atoms. The van der Waals surface area contributed by atoms with Gasteiger partial charge >= 0.3 is 0 Å². The maximum Gasteiger partial charge on any atom is 0.290 e. The van der Waals surface area contributed by atoms with Crippen LogP contribution in [0.1, 0.15) is 23.6 Å². The minimum Gasteiger partial charge on any atom is -0.494 e. The van der Waals surface area contributed by atoms with Crippen LogP contribution in [-0.4, -0.2) is 40.8 Å². The molecule has 3 N–H and O–H groups in total. The van der Waals surface area contributed by atoms with E-state index in [0.717, 1.165) is 33.6 Å². The van der Waals surface area contributed by atoms with E-state index in [-0.39, 0.29) is 12.5 Å². The third-order valence-electron chi connectivity index (χ3n) is 4.92. The molecular formula is C23H24N4O4. The highest BCUT2D eigenvalue weighted by Crippen LogP contribution is 2.40. The first-order valence-electron chi connectivity index (χ1n) is 9.70. The summed E-state index contributed by atoms with van der Waals surface area (Å²) < 4.78 is 11.3. The van der Waals surface area contributed by atoms with Gasteiger partial charge in [0.15, 0.2) is 5.54 Å². The van der Waals surface area contributed by atoms with Gasteiger partial charge in [-0.25, -0.2) is 15.0 Å². The van der Waals surface area contributed by atoms with Crippen LogP contribution in [0, 0.1) is 6.92 Å². The molecule has 160 valence electrons. The van der Waals surface area contributed by atoms with Crippen LogP contribution in [0.15, 0.2) is 66.2 Å². The molecule has 0 spiro atoms. The average Bonchev–Trinajstić information content (AvgIpc) is 3.19. The van der Waals surface area contributed by atoms with Crippen LogP contribution < -0.4 is 10.5 Å². The molecule has 1 aromatic heterocycles. The number of carbonyl (C=O) groups is 1. The maximum absolute atomic E-state index is 8.36. The topological polar surface area (TPSA) is 120 Å². The van der Waals surface area contributed by atoms with Crippen LogP contribution in [0.2, 0.25) is 0 Å². The highest BCUT2D eigenvalue weighted by Gasteiger charge is 2.40. The Morgan fingerprint density at radius 2 is 1.87 bits per heavy atom. The van der Waals surface area contributed by atoms with Gasteiger partial charge < -0.3 is 20.3 Å². The number of aryl methyl sites for hydroxylation is 1. The van der Waals surface area contributed by atoms with E-state index in [1.54, 1.807) is 12.4 Å². The molecule has 0 radical (unpaired) electrons. The van der Waals surface area contributed by atoms with Gasteiger partial charge in [0.2, 0.25) is 0 Å². The first-order chi connectivity index (χ1) is 15.0. The highest BCUT2D eigenvalue weighted by molar-refractivity contribution is 5.76. The molecule has 8 heteroatoms. The van der Waals surface area contributed by atoms with E-state index in [0.29, 0.717) is 13.2 Å². The lowest BCUT2D eigenvalue weighted by Crippen LogP contribution is -2.27. The zero-order valence-electron chi connectivity index (χ0n) is 17.4. The number of nitrogens with two attached hydrogens (primary N) is 1. The molecule has 1 unspecified atom stereocenters. The molecule has 0 amide bonds. The SMILES string of the molecule is CCOc1ccc(C2(c3cccc(-c4cncnc4)c3)COC(N)=N2)cc1C.O=CO. The summed E-state index contributed by atoms with van der Waals surface area (Å²) in [4.78, 5) is 21.3. The Balaban J connectivity index is 0.000000858. The predicted molar refractivity (Wildman–Crippen MR) is 117 cm³/mol. The van der Waals surface area contributed by atoms with E-state index < -0.39 is 5.54 Å². The monoisotopic (exact) mass is 420 g/mol. The summed E-state index contributed by atoms with van der Waals surface area (Å²) in [6.07, 6.45) is 5.11. The van der Waals surface area contributed by atoms with E-state index in [1.165, 1.54) is 6.33 Å². The van der Waals surface area contributed by atoms with Crippen LogP contribution in [0.4, 0.5) is 0 Å². The van der Waals surface area contributed by atoms with Gasteiger partial charge in [-0.05, 0) is 54.3 Å². The van der Waals surface area contributed by atoms with Crippen molar-refractivity contribution in [3.63, 3.8) is 0 Å². The number of ether oxygens (including phenoxy) is 2. The van der Waals surface area contributed by atoms with Gasteiger partial charge in [-0.2, -0.15) is 0 Å². The first-order valence-corrected chi connectivity index (χ1v) is 9.70. The van der Waals surface area contributed by atoms with E-state index in [4.69, 9.17) is 30.1 Å². The summed E-state index contributed by atoms with van der Waals surface area (Å²) in [5.41, 5.74) is 10.2. The van der Waals surface area contributed by atoms with E-state index in [2.05, 4.69) is 22.1 Å². The van der Waals surface area contributed by atoms with Crippen LogP contribution >= 0.6 is 0 Å². The second-order valence-corrected chi connectivity index (χ2v) is 6.83. The average molecular weight is 420 g/mol. The molecule has 1 aliphatic rings. The van der Waals surface area contributed by atoms with Crippen molar-refractivity contribution in [1.82, 2.24) is 9.97 Å². The van der Waals surface area contributed by atoms with E-state index in [9.17, 15) is 0 Å². The molecule has 8 nitrogen and oxygen atoms in total. The van der Waals surface area contributed by atoms with Crippen molar-refractivity contribution in [2.45, 2.75) is 19.4 Å². The molecule has 0 saturated heterocycles. The summed E-state index contributed by atoms with van der Waals surface area (Å²) >= 11 is 0. The predicted octanol–water partition coefficient (Wildman–Crippen LogP) is 3.14. The largest absolute Gasteiger partial charge is 0.494 e. The molecule has 0 aliphatic carbocycles. The fraction of sp³-hybridized carbons (Fsp3) is 0.217. The zero-order chi connectivity index (χ0) is 22.3. The molecule has 1 atom stereocenters. The Morgan fingerprint density at radius 1 is 1.16 bits per heavy atom. The van der Waals surface area contributed by atoms with Gasteiger partial charge in [-0.3, -0.25) is 4.79 Å². The van der Waals surface area contributed by atoms with Crippen LogP contribution in [0.25, 0.3) is 11.1 Å². The zero-order valence-corrected chi connectivity index (χ0v) is 17.4. The van der Waals surface area contributed by atoms with Crippen molar-refractivity contribution >= 4 is 12.5 Å². The molecule has 4 rings (SSSR count). The molecule has 2 heterocycles. The fourth-order valence-electron chi connectivity index (χ4n) is 3.52. The van der Waals surface area contributed by atoms with Gasteiger partial charge in [0.1, 0.15) is 18.7 Å². The standard InChI is InChI=1S/C22H22N4O2.CH2O2/c1-3-27-20-8-7-19(9-15(20)2)22(13-28-21(23)26-22)18-6-4-5-16(10-18)17-11-24-14-25-12-17;2-1-3/h4-12,14H,3,13H2,1-2H3,(H2,23,26);1H,(H,2,3). The second kappa shape index (κ2) is 9.71. The lowest BCUT2D eigenvalue weighted by molar-refractivity contribution is -0.122. The van der Waals surface area contributed by atoms with Crippen molar-refractivity contribution in [1.29, 1.82) is 0 Å². The summed E-state index contributed by atoms with van der Waals surface area (Å²) in [6.45, 7) is 4.73. The van der Waals surface area contributed by atoms with Crippen molar-refractivity contribution in [2.75, 3.05) is 13.2 Å². The van der Waals surface area contributed by atoms with Crippen LogP contribution in [0.3, 0.4) is 0 Å². The number of rotatable bonds is 5. The molecule has 0 fully saturated rings. The quantitative estimate of drug-likeness (QED) is 0.608. The number of aromatic nitrogens is 2. The van der Waals surface area contributed by atoms with Crippen LogP contribution in [0.5, 0.6) is 5.75 Å². The molecule has 3 aromatic rings. The van der Waals surface area contributed by atoms with Gasteiger partial charge in [0.25, 0.3) is 12.5 Å². The molecule has 31 heavy (non-hydrogen) atoms. The van der Waals surface area contributed by atoms with Crippen molar-refractivity contribution in [3.05, 3.63) is 77.9 Å². The number of benzene rings is 2. The number of hydrogen-bond acceptors (Lipinski definition) is 7. The summed E-state index contributed by atoms with van der Waals surface area (Å²) in [7, 11) is 0. The maximum atomic E-state index is 8.36. The summed E-state index contributed by atoms with van der Waals surface area (Å²) in [5, 5.41) is 6.89. The first kappa shape index (κ1) is 21.8. The Kier molecular flexibility index (Phi) is 6.81. The lowest BCUT2D eigenvalue weighted by atomic mass is 9.82. The number of aliphatic imine (C=N–C) groups is 1. The lowest BCUT2D eigenvalue weighted by Gasteiger charge is -2.26. The smallest absolute Gasteiger partial charge is 0.290 e. The molecular weight excluding hydrogens is 396 g/mol. The summed E-state index contributed by atoms with van der Waals surface area (Å²) in [5.74, 6) is 0.868. The van der Waals surface area contributed by atoms with Crippen molar-refractivity contribution < 1.29 is 19.4 Å². The Morgan fingerprint density at radius 3 is 2.48 bits per heavy atom.